The summed E-state index contributed by atoms with van der Waals surface area (Å²) in [5.41, 5.74) is -0.283. The quantitative estimate of drug-likeness (QED) is 0.806. The zero-order valence-electron chi connectivity index (χ0n) is 13.2. The smallest absolute Gasteiger partial charge is 0.287 e. The summed E-state index contributed by atoms with van der Waals surface area (Å²) < 4.78 is 39.5. The number of benzene rings is 2. The number of rotatable bonds is 3. The van der Waals surface area contributed by atoms with Gasteiger partial charge in [-0.05, 0) is 17.7 Å². The topological polar surface area (TPSA) is 32.7 Å². The Balaban J connectivity index is 1.85. The fraction of sp³-hybridized carbons (Fsp3) is 0.222. The lowest BCUT2D eigenvalue weighted by molar-refractivity contribution is -0.138. The molecule has 1 aliphatic heterocycles. The van der Waals surface area contributed by atoms with Gasteiger partial charge in [0.1, 0.15) is 0 Å². The van der Waals surface area contributed by atoms with E-state index in [2.05, 4.69) is 4.99 Å². The van der Waals surface area contributed by atoms with Gasteiger partial charge in [0.2, 0.25) is 0 Å². The SMILES string of the molecule is O=C(c1ccccc1C(F)(F)F)N1CCSC1=NCc1ccccc1. The molecule has 0 unspecified atom stereocenters. The Morgan fingerprint density at radius 3 is 2.48 bits per heavy atom. The van der Waals surface area contributed by atoms with Crippen molar-refractivity contribution in [3.05, 3.63) is 71.3 Å². The number of nitrogens with zero attached hydrogens (tertiary/aromatic N) is 2. The van der Waals surface area contributed by atoms with Crippen molar-refractivity contribution in [1.82, 2.24) is 4.90 Å². The molecule has 0 radical (unpaired) electrons. The van der Waals surface area contributed by atoms with Crippen LogP contribution in [0.25, 0.3) is 0 Å². The fourth-order valence-corrected chi connectivity index (χ4v) is 3.47. The fourth-order valence-electron chi connectivity index (χ4n) is 2.53. The Kier molecular flexibility index (Phi) is 5.13. The van der Waals surface area contributed by atoms with Crippen molar-refractivity contribution in [2.75, 3.05) is 12.3 Å². The molecule has 0 atom stereocenters. The summed E-state index contributed by atoms with van der Waals surface area (Å²) in [4.78, 5) is 18.4. The van der Waals surface area contributed by atoms with Crippen LogP contribution in [0.3, 0.4) is 0 Å². The second-order valence-corrected chi connectivity index (χ2v) is 6.50. The number of amidine groups is 1. The van der Waals surface area contributed by atoms with E-state index in [-0.39, 0.29) is 5.56 Å². The average Bonchev–Trinajstić information content (AvgIpc) is 3.08. The molecule has 1 saturated heterocycles. The van der Waals surface area contributed by atoms with E-state index < -0.39 is 17.6 Å². The first-order valence-electron chi connectivity index (χ1n) is 7.66. The number of amides is 1. The largest absolute Gasteiger partial charge is 0.417 e. The zero-order chi connectivity index (χ0) is 17.9. The molecule has 1 aliphatic rings. The van der Waals surface area contributed by atoms with Crippen molar-refractivity contribution in [2.45, 2.75) is 12.7 Å². The maximum atomic E-state index is 13.2. The molecule has 1 amide bonds. The minimum absolute atomic E-state index is 0.343. The third-order valence-electron chi connectivity index (χ3n) is 3.72. The number of thioether (sulfide) groups is 1. The van der Waals surface area contributed by atoms with Crippen LogP contribution in [0, 0.1) is 0 Å². The third-order valence-corrected chi connectivity index (χ3v) is 4.72. The highest BCUT2D eigenvalue weighted by Gasteiger charge is 2.37. The first-order valence-corrected chi connectivity index (χ1v) is 8.64. The third kappa shape index (κ3) is 4.04. The molecule has 0 aliphatic carbocycles. The Morgan fingerprint density at radius 2 is 1.76 bits per heavy atom. The molecule has 1 fully saturated rings. The molecule has 25 heavy (non-hydrogen) atoms. The van der Waals surface area contributed by atoms with Crippen molar-refractivity contribution in [2.24, 2.45) is 4.99 Å². The molecule has 2 aromatic carbocycles. The maximum Gasteiger partial charge on any atom is 0.417 e. The van der Waals surface area contributed by atoms with Gasteiger partial charge in [-0.2, -0.15) is 13.2 Å². The van der Waals surface area contributed by atoms with Gasteiger partial charge >= 0.3 is 6.18 Å². The summed E-state index contributed by atoms with van der Waals surface area (Å²) in [6, 6.07) is 14.4. The van der Waals surface area contributed by atoms with E-state index in [1.165, 1.54) is 34.9 Å². The lowest BCUT2D eigenvalue weighted by Crippen LogP contribution is -2.33. The maximum absolute atomic E-state index is 13.2. The normalized spacial score (nSPS) is 16.4. The van der Waals surface area contributed by atoms with E-state index in [0.717, 1.165) is 11.6 Å². The molecule has 3 nitrogen and oxygen atoms in total. The number of carbonyl (C=O) groups excluding carboxylic acids is 1. The molecule has 1 heterocycles. The van der Waals surface area contributed by atoms with Crippen molar-refractivity contribution < 1.29 is 18.0 Å². The monoisotopic (exact) mass is 364 g/mol. The Bertz CT molecular complexity index is 790. The van der Waals surface area contributed by atoms with Gasteiger partial charge < -0.3 is 0 Å². The highest BCUT2D eigenvalue weighted by atomic mass is 32.2. The van der Waals surface area contributed by atoms with E-state index >= 15 is 0 Å². The Morgan fingerprint density at radius 1 is 1.08 bits per heavy atom. The summed E-state index contributed by atoms with van der Waals surface area (Å²) >= 11 is 1.38. The van der Waals surface area contributed by atoms with E-state index in [4.69, 9.17) is 0 Å². The van der Waals surface area contributed by atoms with Crippen LogP contribution >= 0.6 is 11.8 Å². The van der Waals surface area contributed by atoms with Crippen molar-refractivity contribution in [3.8, 4) is 0 Å². The first kappa shape index (κ1) is 17.5. The van der Waals surface area contributed by atoms with E-state index in [1.54, 1.807) is 0 Å². The van der Waals surface area contributed by atoms with Crippen LogP contribution in [-0.4, -0.2) is 28.3 Å². The van der Waals surface area contributed by atoms with Gasteiger partial charge in [0.25, 0.3) is 5.91 Å². The van der Waals surface area contributed by atoms with Crippen LogP contribution in [-0.2, 0) is 12.7 Å². The number of aliphatic imine (C=N–C) groups is 1. The van der Waals surface area contributed by atoms with Crippen molar-refractivity contribution in [1.29, 1.82) is 0 Å². The van der Waals surface area contributed by atoms with Crippen molar-refractivity contribution >= 4 is 22.8 Å². The highest BCUT2D eigenvalue weighted by molar-refractivity contribution is 8.14. The molecule has 0 saturated carbocycles. The highest BCUT2D eigenvalue weighted by Crippen LogP contribution is 2.33. The summed E-state index contributed by atoms with van der Waals surface area (Å²) in [6.07, 6.45) is -4.57. The van der Waals surface area contributed by atoms with Gasteiger partial charge in [-0.1, -0.05) is 54.2 Å². The molecule has 130 valence electrons. The molecule has 7 heteroatoms. The molecule has 0 N–H and O–H groups in total. The van der Waals surface area contributed by atoms with Crippen LogP contribution in [0.5, 0.6) is 0 Å². The number of alkyl halides is 3. The molecule has 0 bridgehead atoms. The second-order valence-electron chi connectivity index (χ2n) is 5.43. The minimum atomic E-state index is -4.57. The van der Waals surface area contributed by atoms with Gasteiger partial charge in [-0.3, -0.25) is 14.7 Å². The standard InChI is InChI=1S/C18H15F3N2OS/c19-18(20,21)15-9-5-4-8-14(15)16(24)23-10-11-25-17(23)22-12-13-6-2-1-3-7-13/h1-9H,10-12H2. The van der Waals surface area contributed by atoms with Gasteiger partial charge in [0.15, 0.2) is 5.17 Å². The van der Waals surface area contributed by atoms with Gasteiger partial charge in [0.05, 0.1) is 17.7 Å². The van der Waals surface area contributed by atoms with Crippen molar-refractivity contribution in [3.63, 3.8) is 0 Å². The Hall–Kier alpha value is -2.28. The predicted molar refractivity (Wildman–Crippen MR) is 92.5 cm³/mol. The van der Waals surface area contributed by atoms with Crippen LogP contribution in [0.15, 0.2) is 59.6 Å². The number of hydrogen-bond donors (Lipinski definition) is 0. The van der Waals surface area contributed by atoms with E-state index in [1.807, 2.05) is 30.3 Å². The minimum Gasteiger partial charge on any atom is -0.287 e. The zero-order valence-corrected chi connectivity index (χ0v) is 14.0. The summed E-state index contributed by atoms with van der Waals surface area (Å²) in [5.74, 6) is -0.0437. The lowest BCUT2D eigenvalue weighted by Gasteiger charge is -2.19. The lowest BCUT2D eigenvalue weighted by atomic mass is 10.1. The second kappa shape index (κ2) is 7.31. The van der Waals surface area contributed by atoms with Gasteiger partial charge in [0, 0.05) is 12.3 Å². The first-order chi connectivity index (χ1) is 12.0. The molecule has 0 spiro atoms. The van der Waals surface area contributed by atoms with Crippen LogP contribution < -0.4 is 0 Å². The van der Waals surface area contributed by atoms with Crippen LogP contribution in [0.1, 0.15) is 21.5 Å². The number of hydrogen-bond acceptors (Lipinski definition) is 3. The summed E-state index contributed by atoms with van der Waals surface area (Å²) in [6.45, 7) is 0.733. The molecular formula is C18H15F3N2OS. The van der Waals surface area contributed by atoms with Gasteiger partial charge in [-0.15, -0.1) is 0 Å². The van der Waals surface area contributed by atoms with Crippen LogP contribution in [0.4, 0.5) is 13.2 Å². The van der Waals surface area contributed by atoms with E-state index in [0.29, 0.717) is 24.0 Å². The average molecular weight is 364 g/mol. The Labute approximate surface area is 147 Å². The van der Waals surface area contributed by atoms with Gasteiger partial charge in [-0.25, -0.2) is 0 Å². The number of carbonyl (C=O) groups is 1. The molecule has 2 aromatic rings. The van der Waals surface area contributed by atoms with Crippen LogP contribution in [0.2, 0.25) is 0 Å². The van der Waals surface area contributed by atoms with E-state index in [9.17, 15) is 18.0 Å². The summed E-state index contributed by atoms with van der Waals surface area (Å²) in [7, 11) is 0. The predicted octanol–water partition coefficient (Wildman–Crippen LogP) is 4.45. The summed E-state index contributed by atoms with van der Waals surface area (Å²) in [5, 5.41) is 0.464. The molecule has 0 aromatic heterocycles. The number of halogens is 3. The molecule has 3 rings (SSSR count). The molecular weight excluding hydrogens is 349 g/mol.